The first-order valence-electron chi connectivity index (χ1n) is 6.72. The van der Waals surface area contributed by atoms with Gasteiger partial charge in [-0.25, -0.2) is 4.98 Å². The third-order valence-electron chi connectivity index (χ3n) is 3.29. The van der Waals surface area contributed by atoms with Crippen LogP contribution in [0.5, 0.6) is 0 Å². The maximum absolute atomic E-state index is 6.27. The molecule has 1 aromatic heterocycles. The Hall–Kier alpha value is -1.49. The molecule has 0 spiro atoms. The number of nitrogens with two attached hydrogens (primary N) is 1. The van der Waals surface area contributed by atoms with Gasteiger partial charge in [-0.05, 0) is 49.2 Å². The average Bonchev–Trinajstić information content (AvgIpc) is 2.79. The van der Waals surface area contributed by atoms with Crippen LogP contribution in [0.2, 0.25) is 5.02 Å². The first-order valence-corrected chi connectivity index (χ1v) is 7.91. The fraction of sp³-hybridized carbons (Fsp3) is 0.188. The van der Waals surface area contributed by atoms with Crippen LogP contribution in [0.25, 0.3) is 11.0 Å². The van der Waals surface area contributed by atoms with Gasteiger partial charge in [-0.15, -0.1) is 0 Å². The van der Waals surface area contributed by atoms with E-state index in [0.717, 1.165) is 26.6 Å². The standard InChI is InChI=1S/C16H16ClN3S/c1-9-3-6-14-15(7-9)20-16(19-14)21-11-4-5-12(10(2)18)13(17)8-11/h3-8,10H,18H2,1-2H3,(H,19,20). The Morgan fingerprint density at radius 1 is 1.24 bits per heavy atom. The summed E-state index contributed by atoms with van der Waals surface area (Å²) in [6.45, 7) is 4.00. The number of aryl methyl sites for hydroxylation is 1. The van der Waals surface area contributed by atoms with Gasteiger partial charge >= 0.3 is 0 Å². The maximum atomic E-state index is 6.27. The summed E-state index contributed by atoms with van der Waals surface area (Å²) in [5.41, 5.74) is 10.1. The summed E-state index contributed by atoms with van der Waals surface area (Å²) in [6, 6.07) is 12.0. The van der Waals surface area contributed by atoms with Gasteiger partial charge < -0.3 is 10.7 Å². The molecule has 0 aliphatic rings. The van der Waals surface area contributed by atoms with E-state index in [1.807, 2.05) is 31.2 Å². The van der Waals surface area contributed by atoms with Gasteiger partial charge in [0.1, 0.15) is 0 Å². The van der Waals surface area contributed by atoms with E-state index in [-0.39, 0.29) is 6.04 Å². The highest BCUT2D eigenvalue weighted by atomic mass is 35.5. The lowest BCUT2D eigenvalue weighted by Crippen LogP contribution is -2.05. The number of hydrogen-bond donors (Lipinski definition) is 2. The minimum atomic E-state index is -0.0641. The quantitative estimate of drug-likeness (QED) is 0.736. The van der Waals surface area contributed by atoms with Gasteiger partial charge in [-0.3, -0.25) is 0 Å². The first kappa shape index (κ1) is 14.4. The predicted octanol–water partition coefficient (Wildman–Crippen LogP) is 4.70. The van der Waals surface area contributed by atoms with E-state index in [1.54, 1.807) is 11.8 Å². The Morgan fingerprint density at radius 2 is 2.05 bits per heavy atom. The number of halogens is 1. The SMILES string of the molecule is Cc1ccc2nc(Sc3ccc(C(C)N)c(Cl)c3)[nH]c2c1. The molecule has 108 valence electrons. The fourth-order valence-corrected chi connectivity index (χ4v) is 3.46. The van der Waals surface area contributed by atoms with Crippen LogP contribution in [0.1, 0.15) is 24.1 Å². The number of nitrogens with zero attached hydrogens (tertiary/aromatic N) is 1. The molecule has 3 N–H and O–H groups in total. The van der Waals surface area contributed by atoms with Crippen LogP contribution in [0.4, 0.5) is 0 Å². The monoisotopic (exact) mass is 317 g/mol. The number of hydrogen-bond acceptors (Lipinski definition) is 3. The summed E-state index contributed by atoms with van der Waals surface area (Å²) >= 11 is 7.83. The minimum absolute atomic E-state index is 0.0641. The minimum Gasteiger partial charge on any atom is -0.333 e. The highest BCUT2D eigenvalue weighted by Gasteiger charge is 2.09. The van der Waals surface area contributed by atoms with Crippen LogP contribution in [0.15, 0.2) is 46.5 Å². The molecule has 1 unspecified atom stereocenters. The molecule has 5 heteroatoms. The number of fused-ring (bicyclic) bond motifs is 1. The van der Waals surface area contributed by atoms with E-state index < -0.39 is 0 Å². The van der Waals surface area contributed by atoms with Gasteiger partial charge in [0, 0.05) is 16.0 Å². The van der Waals surface area contributed by atoms with Gasteiger partial charge in [0.25, 0.3) is 0 Å². The molecule has 0 aliphatic carbocycles. The molecule has 0 bridgehead atoms. The van der Waals surface area contributed by atoms with Crippen LogP contribution in [-0.2, 0) is 0 Å². The highest BCUT2D eigenvalue weighted by Crippen LogP contribution is 2.32. The van der Waals surface area contributed by atoms with Gasteiger partial charge in [0.05, 0.1) is 11.0 Å². The second-order valence-corrected chi connectivity index (χ2v) is 6.61. The van der Waals surface area contributed by atoms with Crippen molar-refractivity contribution in [2.24, 2.45) is 5.73 Å². The van der Waals surface area contributed by atoms with Crippen molar-refractivity contribution in [2.45, 2.75) is 29.9 Å². The molecule has 0 radical (unpaired) electrons. The second kappa shape index (κ2) is 5.72. The molecule has 0 fully saturated rings. The molecule has 0 aliphatic heterocycles. The smallest absolute Gasteiger partial charge is 0.171 e. The maximum Gasteiger partial charge on any atom is 0.171 e. The lowest BCUT2D eigenvalue weighted by Gasteiger charge is -2.09. The van der Waals surface area contributed by atoms with E-state index >= 15 is 0 Å². The zero-order chi connectivity index (χ0) is 15.0. The Bertz CT molecular complexity index is 795. The summed E-state index contributed by atoms with van der Waals surface area (Å²) in [5, 5.41) is 1.56. The Balaban J connectivity index is 1.89. The average molecular weight is 318 g/mol. The van der Waals surface area contributed by atoms with Gasteiger partial charge in [0.15, 0.2) is 5.16 Å². The number of rotatable bonds is 3. The van der Waals surface area contributed by atoms with Crippen LogP contribution >= 0.6 is 23.4 Å². The molecule has 3 aromatic rings. The molecule has 0 amide bonds. The fourth-order valence-electron chi connectivity index (χ4n) is 2.20. The van der Waals surface area contributed by atoms with Crippen LogP contribution in [0.3, 0.4) is 0 Å². The lowest BCUT2D eigenvalue weighted by atomic mass is 10.1. The number of H-pyrrole nitrogens is 1. The molecular weight excluding hydrogens is 302 g/mol. The number of nitrogens with one attached hydrogen (secondary N) is 1. The normalized spacial score (nSPS) is 12.8. The highest BCUT2D eigenvalue weighted by molar-refractivity contribution is 7.99. The number of aromatic nitrogens is 2. The zero-order valence-electron chi connectivity index (χ0n) is 11.9. The van der Waals surface area contributed by atoms with Crippen molar-refractivity contribution in [3.63, 3.8) is 0 Å². The van der Waals surface area contributed by atoms with Crippen molar-refractivity contribution in [1.82, 2.24) is 9.97 Å². The van der Waals surface area contributed by atoms with Crippen molar-refractivity contribution in [1.29, 1.82) is 0 Å². The van der Waals surface area contributed by atoms with Crippen LogP contribution in [-0.4, -0.2) is 9.97 Å². The Kier molecular flexibility index (Phi) is 3.93. The van der Waals surface area contributed by atoms with Gasteiger partial charge in [-0.1, -0.05) is 35.5 Å². The molecule has 2 aromatic carbocycles. The van der Waals surface area contributed by atoms with Crippen LogP contribution in [0, 0.1) is 6.92 Å². The van der Waals surface area contributed by atoms with Crippen molar-refractivity contribution in [2.75, 3.05) is 0 Å². The zero-order valence-corrected chi connectivity index (χ0v) is 13.4. The second-order valence-electron chi connectivity index (χ2n) is 5.14. The van der Waals surface area contributed by atoms with E-state index in [9.17, 15) is 0 Å². The van der Waals surface area contributed by atoms with Crippen molar-refractivity contribution in [3.8, 4) is 0 Å². The molecule has 0 saturated heterocycles. The molecule has 21 heavy (non-hydrogen) atoms. The summed E-state index contributed by atoms with van der Waals surface area (Å²) in [6.07, 6.45) is 0. The first-order chi connectivity index (χ1) is 10.0. The van der Waals surface area contributed by atoms with Gasteiger partial charge in [-0.2, -0.15) is 0 Å². The van der Waals surface area contributed by atoms with Crippen molar-refractivity contribution < 1.29 is 0 Å². The predicted molar refractivity (Wildman–Crippen MR) is 89.0 cm³/mol. The van der Waals surface area contributed by atoms with E-state index in [2.05, 4.69) is 29.0 Å². The summed E-state index contributed by atoms with van der Waals surface area (Å²) in [7, 11) is 0. The number of benzene rings is 2. The summed E-state index contributed by atoms with van der Waals surface area (Å²) in [5.74, 6) is 0. The van der Waals surface area contributed by atoms with E-state index in [0.29, 0.717) is 5.02 Å². The third kappa shape index (κ3) is 3.07. The number of imidazole rings is 1. The van der Waals surface area contributed by atoms with E-state index in [4.69, 9.17) is 17.3 Å². The molecule has 0 saturated carbocycles. The van der Waals surface area contributed by atoms with Crippen molar-refractivity contribution >= 4 is 34.4 Å². The molecule has 1 atom stereocenters. The molecule has 3 nitrogen and oxygen atoms in total. The summed E-state index contributed by atoms with van der Waals surface area (Å²) in [4.78, 5) is 8.94. The molecule has 3 rings (SSSR count). The number of aromatic amines is 1. The largest absolute Gasteiger partial charge is 0.333 e. The lowest BCUT2D eigenvalue weighted by molar-refractivity contribution is 0.817. The van der Waals surface area contributed by atoms with Gasteiger partial charge in [0.2, 0.25) is 0 Å². The molecule has 1 heterocycles. The Morgan fingerprint density at radius 3 is 2.76 bits per heavy atom. The van der Waals surface area contributed by atoms with Crippen LogP contribution < -0.4 is 5.73 Å². The molecular formula is C16H16ClN3S. The topological polar surface area (TPSA) is 54.7 Å². The third-order valence-corrected chi connectivity index (χ3v) is 4.50. The summed E-state index contributed by atoms with van der Waals surface area (Å²) < 4.78 is 0. The van der Waals surface area contributed by atoms with Crippen molar-refractivity contribution in [3.05, 3.63) is 52.5 Å². The van der Waals surface area contributed by atoms with E-state index in [1.165, 1.54) is 5.56 Å². The Labute approximate surface area is 132 Å².